The fourth-order valence-corrected chi connectivity index (χ4v) is 5.64. The average Bonchev–Trinajstić information content (AvgIpc) is 3.10. The van der Waals surface area contributed by atoms with E-state index in [4.69, 9.17) is 23.2 Å². The van der Waals surface area contributed by atoms with Crippen molar-refractivity contribution in [1.82, 2.24) is 4.98 Å². The van der Waals surface area contributed by atoms with Gasteiger partial charge in [0.15, 0.2) is 5.13 Å². The van der Waals surface area contributed by atoms with E-state index >= 15 is 0 Å². The van der Waals surface area contributed by atoms with Gasteiger partial charge in [0.05, 0.1) is 16.0 Å². The van der Waals surface area contributed by atoms with Crippen LogP contribution in [0.15, 0.2) is 36.4 Å². The van der Waals surface area contributed by atoms with Crippen molar-refractivity contribution in [2.45, 2.75) is 5.37 Å². The second-order valence-electron chi connectivity index (χ2n) is 5.17. The Morgan fingerprint density at radius 2 is 1.96 bits per heavy atom. The highest BCUT2D eigenvalue weighted by Gasteiger charge is 2.38. The number of benzene rings is 2. The maximum Gasteiger partial charge on any atom is 0.240 e. The summed E-state index contributed by atoms with van der Waals surface area (Å²) in [5.74, 6) is -0.0812. The molecule has 1 unspecified atom stereocenters. The van der Waals surface area contributed by atoms with Gasteiger partial charge in [-0.15, -0.1) is 11.8 Å². The van der Waals surface area contributed by atoms with Crippen LogP contribution in [0.25, 0.3) is 10.2 Å². The largest absolute Gasteiger partial charge is 0.273 e. The van der Waals surface area contributed by atoms with E-state index in [1.807, 2.05) is 0 Å². The number of aromatic nitrogens is 1. The molecule has 122 valence electrons. The minimum Gasteiger partial charge on any atom is -0.273 e. The highest BCUT2D eigenvalue weighted by Crippen LogP contribution is 2.47. The van der Waals surface area contributed by atoms with Gasteiger partial charge in [-0.3, -0.25) is 9.69 Å². The van der Waals surface area contributed by atoms with Gasteiger partial charge >= 0.3 is 0 Å². The topological polar surface area (TPSA) is 33.2 Å². The van der Waals surface area contributed by atoms with E-state index in [9.17, 15) is 9.18 Å². The number of thiazole rings is 1. The standard InChI is InChI=1S/C16H9Cl2FN2OS2/c17-9-2-1-3-10(18)14(9)15-21(13(22)7-23-15)16-20-11-5-4-8(19)6-12(11)24-16/h1-6,15H,7H2. The summed E-state index contributed by atoms with van der Waals surface area (Å²) < 4.78 is 14.1. The highest BCUT2D eigenvalue weighted by atomic mass is 35.5. The van der Waals surface area contributed by atoms with E-state index in [2.05, 4.69) is 4.98 Å². The fraction of sp³-hybridized carbons (Fsp3) is 0.125. The smallest absolute Gasteiger partial charge is 0.240 e. The number of anilines is 1. The Kier molecular flexibility index (Phi) is 4.16. The Labute approximate surface area is 155 Å². The molecule has 1 fully saturated rings. The van der Waals surface area contributed by atoms with E-state index < -0.39 is 0 Å². The zero-order chi connectivity index (χ0) is 16.8. The van der Waals surface area contributed by atoms with Crippen LogP contribution in [0.3, 0.4) is 0 Å². The molecular formula is C16H9Cl2FN2OS2. The van der Waals surface area contributed by atoms with E-state index in [0.717, 1.165) is 0 Å². The number of amides is 1. The van der Waals surface area contributed by atoms with Gasteiger partial charge < -0.3 is 0 Å². The summed E-state index contributed by atoms with van der Waals surface area (Å²) in [5, 5.41) is 1.19. The van der Waals surface area contributed by atoms with Crippen LogP contribution in [-0.2, 0) is 4.79 Å². The number of thioether (sulfide) groups is 1. The van der Waals surface area contributed by atoms with Crippen LogP contribution in [0.2, 0.25) is 10.0 Å². The number of halogens is 3. The summed E-state index contributed by atoms with van der Waals surface area (Å²) in [6, 6.07) is 9.64. The van der Waals surface area contributed by atoms with Crippen LogP contribution in [0.1, 0.15) is 10.9 Å². The maximum absolute atomic E-state index is 13.4. The molecule has 1 aliphatic heterocycles. The minimum absolute atomic E-state index is 0.0690. The molecule has 0 aliphatic carbocycles. The first-order valence-electron chi connectivity index (χ1n) is 6.98. The quantitative estimate of drug-likeness (QED) is 0.569. The molecular weight excluding hydrogens is 390 g/mol. The number of hydrogen-bond donors (Lipinski definition) is 0. The van der Waals surface area contributed by atoms with Gasteiger partial charge in [0.25, 0.3) is 0 Å². The molecule has 0 radical (unpaired) electrons. The lowest BCUT2D eigenvalue weighted by Crippen LogP contribution is -2.28. The molecule has 0 bridgehead atoms. The maximum atomic E-state index is 13.4. The first-order valence-corrected chi connectivity index (χ1v) is 9.60. The van der Waals surface area contributed by atoms with Crippen LogP contribution in [0.5, 0.6) is 0 Å². The van der Waals surface area contributed by atoms with Crippen molar-refractivity contribution in [3.05, 3.63) is 57.8 Å². The molecule has 1 saturated heterocycles. The lowest BCUT2D eigenvalue weighted by molar-refractivity contribution is -0.115. The predicted octanol–water partition coefficient (Wildman–Crippen LogP) is 5.52. The summed E-state index contributed by atoms with van der Waals surface area (Å²) in [5.41, 5.74) is 1.35. The monoisotopic (exact) mass is 398 g/mol. The molecule has 1 aromatic heterocycles. The van der Waals surface area contributed by atoms with Gasteiger partial charge in [-0.25, -0.2) is 9.37 Å². The fourth-order valence-electron chi connectivity index (χ4n) is 2.58. The molecule has 3 nitrogen and oxygen atoms in total. The average molecular weight is 399 g/mol. The summed E-state index contributed by atoms with van der Waals surface area (Å²) in [6.45, 7) is 0. The molecule has 8 heteroatoms. The van der Waals surface area contributed by atoms with Crippen molar-refractivity contribution >= 4 is 67.6 Å². The number of carbonyl (C=O) groups excluding carboxylic acids is 1. The van der Waals surface area contributed by atoms with Gasteiger partial charge in [0.1, 0.15) is 11.2 Å². The summed E-state index contributed by atoms with van der Waals surface area (Å²) >= 11 is 15.3. The zero-order valence-electron chi connectivity index (χ0n) is 12.0. The van der Waals surface area contributed by atoms with Crippen molar-refractivity contribution in [2.24, 2.45) is 0 Å². The van der Waals surface area contributed by atoms with Crippen LogP contribution in [0.4, 0.5) is 9.52 Å². The molecule has 1 atom stereocenters. The predicted molar refractivity (Wildman–Crippen MR) is 98.7 cm³/mol. The molecule has 1 amide bonds. The van der Waals surface area contributed by atoms with Crippen molar-refractivity contribution < 1.29 is 9.18 Å². The second-order valence-corrected chi connectivity index (χ2v) is 8.06. The number of rotatable bonds is 2. The molecule has 24 heavy (non-hydrogen) atoms. The van der Waals surface area contributed by atoms with Gasteiger partial charge in [0, 0.05) is 15.6 Å². The lowest BCUT2D eigenvalue weighted by Gasteiger charge is -2.23. The Balaban J connectivity index is 1.83. The van der Waals surface area contributed by atoms with Gasteiger partial charge in [0.2, 0.25) is 5.91 Å². The number of fused-ring (bicyclic) bond motifs is 1. The summed E-state index contributed by atoms with van der Waals surface area (Å²) in [7, 11) is 0. The second kappa shape index (κ2) is 6.19. The third-order valence-electron chi connectivity index (χ3n) is 3.66. The van der Waals surface area contributed by atoms with E-state index in [-0.39, 0.29) is 17.1 Å². The van der Waals surface area contributed by atoms with E-state index in [1.54, 1.807) is 29.2 Å². The Bertz CT molecular complexity index is 942. The Morgan fingerprint density at radius 3 is 2.71 bits per heavy atom. The molecule has 0 spiro atoms. The zero-order valence-corrected chi connectivity index (χ0v) is 15.1. The van der Waals surface area contributed by atoms with Crippen molar-refractivity contribution in [3.63, 3.8) is 0 Å². The van der Waals surface area contributed by atoms with Gasteiger partial charge in [-0.2, -0.15) is 0 Å². The third kappa shape index (κ3) is 2.67. The normalized spacial score (nSPS) is 17.9. The Morgan fingerprint density at radius 1 is 1.21 bits per heavy atom. The first-order chi connectivity index (χ1) is 11.5. The van der Waals surface area contributed by atoms with Crippen LogP contribution in [0, 0.1) is 5.82 Å². The van der Waals surface area contributed by atoms with Crippen molar-refractivity contribution in [2.75, 3.05) is 10.7 Å². The molecule has 2 aromatic carbocycles. The van der Waals surface area contributed by atoms with Crippen LogP contribution < -0.4 is 4.90 Å². The molecule has 3 aromatic rings. The summed E-state index contributed by atoms with van der Waals surface area (Å²) in [4.78, 5) is 18.5. The van der Waals surface area contributed by atoms with E-state index in [1.165, 1.54) is 35.2 Å². The SMILES string of the molecule is O=C1CSC(c2c(Cl)cccc2Cl)N1c1nc2ccc(F)cc2s1. The number of nitrogens with zero attached hydrogens (tertiary/aromatic N) is 2. The first kappa shape index (κ1) is 16.1. The molecule has 0 N–H and O–H groups in total. The van der Waals surface area contributed by atoms with Crippen LogP contribution in [-0.4, -0.2) is 16.6 Å². The Hall–Kier alpha value is -1.34. The van der Waals surface area contributed by atoms with Gasteiger partial charge in [-0.05, 0) is 30.3 Å². The summed E-state index contributed by atoms with van der Waals surface area (Å²) in [6.07, 6.45) is 0. The van der Waals surface area contributed by atoms with Crippen LogP contribution >= 0.6 is 46.3 Å². The van der Waals surface area contributed by atoms with Crippen molar-refractivity contribution in [1.29, 1.82) is 0 Å². The lowest BCUT2D eigenvalue weighted by atomic mass is 10.2. The van der Waals surface area contributed by atoms with E-state index in [0.29, 0.717) is 36.7 Å². The molecule has 1 aliphatic rings. The number of hydrogen-bond acceptors (Lipinski definition) is 4. The minimum atomic E-state index is -0.343. The van der Waals surface area contributed by atoms with Gasteiger partial charge in [-0.1, -0.05) is 40.6 Å². The van der Waals surface area contributed by atoms with Crippen molar-refractivity contribution in [3.8, 4) is 0 Å². The highest BCUT2D eigenvalue weighted by molar-refractivity contribution is 8.00. The third-order valence-corrected chi connectivity index (χ3v) is 6.51. The molecule has 2 heterocycles. The number of carbonyl (C=O) groups is 1. The molecule has 0 saturated carbocycles. The molecule has 4 rings (SSSR count).